The van der Waals surface area contributed by atoms with E-state index in [9.17, 15) is 31.8 Å². The summed E-state index contributed by atoms with van der Waals surface area (Å²) in [5.74, 6) is 0.649. The first-order valence-electron chi connectivity index (χ1n) is 17.8. The maximum Gasteiger partial charge on any atom is 0.417 e. The predicted octanol–water partition coefficient (Wildman–Crippen LogP) is 2.84. The first-order chi connectivity index (χ1) is 23.9. The maximum absolute atomic E-state index is 14.2. The van der Waals surface area contributed by atoms with Gasteiger partial charge in [-0.25, -0.2) is 8.42 Å². The number of aliphatic hydroxyl groups is 2. The van der Waals surface area contributed by atoms with Gasteiger partial charge in [0.05, 0.1) is 43.4 Å². The van der Waals surface area contributed by atoms with Gasteiger partial charge in [-0.1, -0.05) is 6.07 Å². The van der Waals surface area contributed by atoms with E-state index in [4.69, 9.17) is 9.84 Å². The highest BCUT2D eigenvalue weighted by Gasteiger charge is 2.35. The lowest BCUT2D eigenvalue weighted by Crippen LogP contribution is -2.50. The Balaban J connectivity index is 1.19. The molecule has 0 radical (unpaired) electrons. The molecule has 0 aliphatic carbocycles. The highest BCUT2D eigenvalue weighted by atomic mass is 32.2. The quantitative estimate of drug-likeness (QED) is 0.315. The van der Waals surface area contributed by atoms with E-state index in [1.165, 1.54) is 16.4 Å². The third-order valence-electron chi connectivity index (χ3n) is 10.6. The Bertz CT molecular complexity index is 1550. The summed E-state index contributed by atoms with van der Waals surface area (Å²) in [5.41, 5.74) is 1.70. The van der Waals surface area contributed by atoms with Crippen LogP contribution in [0.1, 0.15) is 42.5 Å². The number of likely N-dealkylation sites (tertiary alicyclic amines) is 2. The van der Waals surface area contributed by atoms with Gasteiger partial charge in [0.15, 0.2) is 0 Å². The molecule has 11 nitrogen and oxygen atoms in total. The van der Waals surface area contributed by atoms with Crippen molar-refractivity contribution in [3.63, 3.8) is 0 Å². The van der Waals surface area contributed by atoms with E-state index in [-0.39, 0.29) is 37.1 Å². The van der Waals surface area contributed by atoms with Crippen LogP contribution < -0.4 is 0 Å². The van der Waals surface area contributed by atoms with Gasteiger partial charge in [0.25, 0.3) is 0 Å². The van der Waals surface area contributed by atoms with Gasteiger partial charge in [-0.2, -0.15) is 22.6 Å². The number of halogens is 3. The molecule has 0 spiro atoms. The van der Waals surface area contributed by atoms with Crippen molar-refractivity contribution in [3.8, 4) is 11.3 Å². The topological polar surface area (TPSA) is 115 Å². The normalized spacial score (nSPS) is 23.3. The zero-order valence-electron chi connectivity index (χ0n) is 28.9. The zero-order chi connectivity index (χ0) is 35.5. The average Bonchev–Trinajstić information content (AvgIpc) is 3.45. The number of sulfonamides is 1. The van der Waals surface area contributed by atoms with E-state index in [1.807, 2.05) is 0 Å². The van der Waals surface area contributed by atoms with Crippen molar-refractivity contribution in [1.29, 1.82) is 0 Å². The lowest BCUT2D eigenvalue weighted by molar-refractivity contribution is -0.139. The van der Waals surface area contributed by atoms with Crippen molar-refractivity contribution in [2.75, 3.05) is 90.7 Å². The number of alkyl halides is 3. The first-order valence-corrected chi connectivity index (χ1v) is 20.7. The molecule has 4 aliphatic heterocycles. The Morgan fingerprint density at radius 1 is 1.04 bits per heavy atom. The number of ether oxygens (including phenoxy) is 1. The fraction of sp³-hybridized carbons (Fsp3) is 0.735. The van der Waals surface area contributed by atoms with Gasteiger partial charge in [-0.3, -0.25) is 9.58 Å². The Kier molecular flexibility index (Phi) is 12.5. The van der Waals surface area contributed by atoms with Gasteiger partial charge >= 0.3 is 6.18 Å². The van der Waals surface area contributed by atoms with E-state index >= 15 is 0 Å². The molecule has 50 heavy (non-hydrogen) atoms. The van der Waals surface area contributed by atoms with E-state index in [1.54, 1.807) is 4.68 Å². The Hall–Kier alpha value is -1.76. The summed E-state index contributed by atoms with van der Waals surface area (Å²) in [6.07, 6.45) is 0.264. The minimum absolute atomic E-state index is 0.0686. The standard InChI is InChI=1S/C34H51F3N6O5S2/c1-50(46,47)42-12-8-31-29(23-42)33(38-43(31)22-28(45)21-40-10-6-27(7-11-40)41-13-16-48-17-14-41)26-4-5-30(34(35,36)37)32(19-26)49-18-15-39-9-2-3-25(20-39)24-44/h4-5,19,25,27-28,44-45H,2-3,6-18,20-24H2,1H3. The van der Waals surface area contributed by atoms with Gasteiger partial charge in [-0.05, 0) is 63.4 Å². The summed E-state index contributed by atoms with van der Waals surface area (Å²) < 4.78 is 76.3. The fourth-order valence-corrected chi connectivity index (χ4v) is 9.81. The van der Waals surface area contributed by atoms with Crippen molar-refractivity contribution in [2.24, 2.45) is 5.92 Å². The van der Waals surface area contributed by atoms with Gasteiger partial charge in [0.1, 0.15) is 0 Å². The van der Waals surface area contributed by atoms with Crippen molar-refractivity contribution in [3.05, 3.63) is 35.0 Å². The van der Waals surface area contributed by atoms with Crippen LogP contribution in [0.4, 0.5) is 13.2 Å². The van der Waals surface area contributed by atoms with Crippen molar-refractivity contribution < 1.29 is 36.5 Å². The summed E-state index contributed by atoms with van der Waals surface area (Å²) in [6.45, 7) is 8.58. The third-order valence-corrected chi connectivity index (χ3v) is 12.9. The number of thioether (sulfide) groups is 1. The van der Waals surface area contributed by atoms with Crippen LogP contribution in [0.3, 0.4) is 0 Å². The van der Waals surface area contributed by atoms with Gasteiger partial charge in [0.2, 0.25) is 10.0 Å². The van der Waals surface area contributed by atoms with E-state index in [0.29, 0.717) is 48.1 Å². The summed E-state index contributed by atoms with van der Waals surface area (Å²) >= 11 is 1.15. The molecule has 5 heterocycles. The SMILES string of the molecule is CS(=O)(=O)N1CCc2c(c(-c3ccc(C(F)(F)F)c(SCCN4CCCC(CO)C4)c3)nn2CC(O)CN2CCC(N3CCOCC3)CC2)C1. The molecule has 0 bridgehead atoms. The van der Waals surface area contributed by atoms with Crippen LogP contribution in [-0.4, -0.2) is 150 Å². The van der Waals surface area contributed by atoms with Crippen LogP contribution in [0, 0.1) is 5.92 Å². The second kappa shape index (κ2) is 16.5. The third kappa shape index (κ3) is 9.42. The highest BCUT2D eigenvalue weighted by molar-refractivity contribution is 7.99. The molecule has 3 fully saturated rings. The van der Waals surface area contributed by atoms with Gasteiger partial charge < -0.3 is 24.7 Å². The minimum atomic E-state index is -4.54. The Morgan fingerprint density at radius 3 is 2.50 bits per heavy atom. The summed E-state index contributed by atoms with van der Waals surface area (Å²) in [4.78, 5) is 7.08. The molecule has 2 aromatic rings. The van der Waals surface area contributed by atoms with Gasteiger partial charge in [0, 0.05) is 92.4 Å². The number of fused-ring (bicyclic) bond motifs is 1. The monoisotopic (exact) mass is 744 g/mol. The molecule has 0 amide bonds. The van der Waals surface area contributed by atoms with Crippen LogP contribution in [0.5, 0.6) is 0 Å². The Labute approximate surface area is 297 Å². The number of rotatable bonds is 12. The predicted molar refractivity (Wildman–Crippen MR) is 186 cm³/mol. The number of morpholine rings is 1. The molecular formula is C34H51F3N6O5S2. The molecule has 1 aromatic heterocycles. The van der Waals surface area contributed by atoms with E-state index in [2.05, 4.69) is 14.7 Å². The number of hydrogen-bond acceptors (Lipinski definition) is 10. The molecule has 3 saturated heterocycles. The smallest absolute Gasteiger partial charge is 0.396 e. The second-order valence-corrected chi connectivity index (χ2v) is 17.3. The van der Waals surface area contributed by atoms with Crippen molar-refractivity contribution in [2.45, 2.75) is 68.4 Å². The second-order valence-electron chi connectivity index (χ2n) is 14.2. The molecule has 4 aliphatic rings. The number of aliphatic hydroxyl groups excluding tert-OH is 2. The summed E-state index contributed by atoms with van der Waals surface area (Å²) in [7, 11) is -3.52. The van der Waals surface area contributed by atoms with Crippen LogP contribution in [0.2, 0.25) is 0 Å². The molecule has 2 unspecified atom stereocenters. The fourth-order valence-electron chi connectivity index (χ4n) is 7.91. The van der Waals surface area contributed by atoms with Crippen molar-refractivity contribution >= 4 is 21.8 Å². The first kappa shape index (κ1) is 38.0. The van der Waals surface area contributed by atoms with Crippen LogP contribution in [0.15, 0.2) is 23.1 Å². The molecule has 2 atom stereocenters. The van der Waals surface area contributed by atoms with Crippen LogP contribution >= 0.6 is 11.8 Å². The van der Waals surface area contributed by atoms with E-state index in [0.717, 1.165) is 108 Å². The van der Waals surface area contributed by atoms with E-state index < -0.39 is 27.9 Å². The lowest BCUT2D eigenvalue weighted by atomic mass is 9.99. The van der Waals surface area contributed by atoms with Crippen LogP contribution in [-0.2, 0) is 40.4 Å². The number of benzene rings is 1. The minimum Gasteiger partial charge on any atom is -0.396 e. The van der Waals surface area contributed by atoms with Gasteiger partial charge in [-0.15, -0.1) is 11.8 Å². The zero-order valence-corrected chi connectivity index (χ0v) is 30.5. The Morgan fingerprint density at radius 2 is 1.80 bits per heavy atom. The van der Waals surface area contributed by atoms with Crippen molar-refractivity contribution in [1.82, 2.24) is 28.8 Å². The number of piperidine rings is 2. The molecule has 1 aromatic carbocycles. The highest BCUT2D eigenvalue weighted by Crippen LogP contribution is 2.40. The number of β-amino-alcohol motifs (C(OH)–C–C–N with tert-alkyl or cyclic N) is 1. The summed E-state index contributed by atoms with van der Waals surface area (Å²) in [6, 6.07) is 4.57. The molecule has 2 N–H and O–H groups in total. The summed E-state index contributed by atoms with van der Waals surface area (Å²) in [5, 5.41) is 25.7. The average molecular weight is 745 g/mol. The number of hydrogen-bond donors (Lipinski definition) is 2. The lowest BCUT2D eigenvalue weighted by Gasteiger charge is -2.40. The molecule has 280 valence electrons. The maximum atomic E-state index is 14.2. The number of nitrogens with zero attached hydrogens (tertiary/aromatic N) is 6. The molecule has 16 heteroatoms. The molecule has 6 rings (SSSR count). The van der Waals surface area contributed by atoms with Crippen LogP contribution in [0.25, 0.3) is 11.3 Å². The molecular weight excluding hydrogens is 694 g/mol. The molecule has 0 saturated carbocycles. The number of aromatic nitrogens is 2. The largest absolute Gasteiger partial charge is 0.417 e.